The molecule has 4 aromatic carbocycles. The largest absolute Gasteiger partial charge is 0.457 e. The lowest BCUT2D eigenvalue weighted by atomic mass is 9.62. The first-order chi connectivity index (χ1) is 20.5. The van der Waals surface area contributed by atoms with Gasteiger partial charge in [0.25, 0.3) is 0 Å². The standard InChI is InChI=1S/C38H46N2O2/c1-2-3-4-5-6-7-10-29-23-25-38(26-24-29,30-15-19-34(20-16-30)41-36-13-8-11-32(39)27-36)31-17-21-35(22-18-31)42-37-14-9-12-33(40)28-37/h8-9,11-22,27-29H,2-7,10,23-26,39-40H2,1H3. The third-order valence-corrected chi connectivity index (χ3v) is 8.93. The molecule has 0 heterocycles. The average Bonchev–Trinajstić information content (AvgIpc) is 3.00. The molecule has 1 fully saturated rings. The van der Waals surface area contributed by atoms with Crippen molar-refractivity contribution >= 4 is 11.4 Å². The summed E-state index contributed by atoms with van der Waals surface area (Å²) < 4.78 is 12.2. The molecule has 42 heavy (non-hydrogen) atoms. The van der Waals surface area contributed by atoms with E-state index in [-0.39, 0.29) is 5.41 Å². The summed E-state index contributed by atoms with van der Waals surface area (Å²) in [7, 11) is 0. The van der Waals surface area contributed by atoms with Gasteiger partial charge in [-0.1, -0.05) is 88.3 Å². The van der Waals surface area contributed by atoms with E-state index in [0.29, 0.717) is 11.4 Å². The van der Waals surface area contributed by atoms with Gasteiger partial charge in [0.05, 0.1) is 0 Å². The second kappa shape index (κ2) is 14.3. The lowest BCUT2D eigenvalue weighted by Crippen LogP contribution is -2.33. The predicted octanol–water partition coefficient (Wildman–Crippen LogP) is 10.7. The van der Waals surface area contributed by atoms with Crippen LogP contribution in [-0.2, 0) is 5.41 Å². The first kappa shape index (κ1) is 29.6. The predicted molar refractivity (Wildman–Crippen MR) is 175 cm³/mol. The van der Waals surface area contributed by atoms with Crippen LogP contribution in [0.5, 0.6) is 23.0 Å². The van der Waals surface area contributed by atoms with Crippen molar-refractivity contribution in [1.29, 1.82) is 0 Å². The van der Waals surface area contributed by atoms with Crippen LogP contribution in [0.1, 0.15) is 88.7 Å². The van der Waals surface area contributed by atoms with Crippen LogP contribution in [-0.4, -0.2) is 0 Å². The van der Waals surface area contributed by atoms with E-state index < -0.39 is 0 Å². The maximum absolute atomic E-state index is 6.11. The highest BCUT2D eigenvalue weighted by Gasteiger charge is 2.38. The van der Waals surface area contributed by atoms with Gasteiger partial charge in [0.15, 0.2) is 0 Å². The maximum Gasteiger partial charge on any atom is 0.129 e. The van der Waals surface area contributed by atoms with E-state index >= 15 is 0 Å². The Morgan fingerprint density at radius 3 is 1.55 bits per heavy atom. The zero-order chi connectivity index (χ0) is 29.2. The molecule has 1 saturated carbocycles. The molecule has 0 bridgehead atoms. The summed E-state index contributed by atoms with van der Waals surface area (Å²) in [5.74, 6) is 3.97. The molecule has 0 amide bonds. The van der Waals surface area contributed by atoms with Gasteiger partial charge in [0.2, 0.25) is 0 Å². The minimum atomic E-state index is -0.0248. The monoisotopic (exact) mass is 562 g/mol. The van der Waals surface area contributed by atoms with Gasteiger partial charge < -0.3 is 20.9 Å². The Balaban J connectivity index is 1.32. The molecular formula is C38H46N2O2. The van der Waals surface area contributed by atoms with Gasteiger partial charge in [-0.25, -0.2) is 0 Å². The summed E-state index contributed by atoms with van der Waals surface area (Å²) in [4.78, 5) is 0. The molecule has 4 N–H and O–H groups in total. The molecule has 5 rings (SSSR count). The molecule has 0 aliphatic heterocycles. The molecular weight excluding hydrogens is 516 g/mol. The number of ether oxygens (including phenoxy) is 2. The highest BCUT2D eigenvalue weighted by Crippen LogP contribution is 2.48. The minimum Gasteiger partial charge on any atom is -0.457 e. The molecule has 220 valence electrons. The Hall–Kier alpha value is -3.92. The number of rotatable bonds is 13. The highest BCUT2D eigenvalue weighted by molar-refractivity contribution is 5.48. The third-order valence-electron chi connectivity index (χ3n) is 8.93. The number of unbranched alkanes of at least 4 members (excludes halogenated alkanes) is 5. The maximum atomic E-state index is 6.11. The fourth-order valence-electron chi connectivity index (χ4n) is 6.53. The van der Waals surface area contributed by atoms with Gasteiger partial charge >= 0.3 is 0 Å². The van der Waals surface area contributed by atoms with E-state index in [1.54, 1.807) is 0 Å². The Bertz CT molecular complexity index is 1300. The fraction of sp³-hybridized carbons (Fsp3) is 0.368. The Labute approximate surface area is 252 Å². The molecule has 0 saturated heterocycles. The molecule has 4 heteroatoms. The van der Waals surface area contributed by atoms with Gasteiger partial charge in [-0.05, 0) is 91.3 Å². The van der Waals surface area contributed by atoms with Crippen LogP contribution in [0.15, 0.2) is 97.1 Å². The van der Waals surface area contributed by atoms with Gasteiger partial charge in [-0.2, -0.15) is 0 Å². The van der Waals surface area contributed by atoms with Crippen molar-refractivity contribution in [2.75, 3.05) is 11.5 Å². The molecule has 1 aliphatic rings. The molecule has 0 spiro atoms. The quantitative estimate of drug-likeness (QED) is 0.126. The molecule has 4 aromatic rings. The lowest BCUT2D eigenvalue weighted by molar-refractivity contribution is 0.250. The number of anilines is 2. The summed E-state index contributed by atoms with van der Waals surface area (Å²) >= 11 is 0. The van der Waals surface area contributed by atoms with E-state index in [0.717, 1.165) is 41.8 Å². The third kappa shape index (κ3) is 7.67. The fourth-order valence-corrected chi connectivity index (χ4v) is 6.53. The number of hydrogen-bond acceptors (Lipinski definition) is 4. The SMILES string of the molecule is CCCCCCCCC1CCC(c2ccc(Oc3cccc(N)c3)cc2)(c2ccc(Oc3cccc(N)c3)cc2)CC1. The van der Waals surface area contributed by atoms with Crippen LogP contribution in [0.3, 0.4) is 0 Å². The van der Waals surface area contributed by atoms with E-state index in [1.165, 1.54) is 68.9 Å². The molecule has 0 unspecified atom stereocenters. The molecule has 0 aromatic heterocycles. The highest BCUT2D eigenvalue weighted by atomic mass is 16.5. The zero-order valence-electron chi connectivity index (χ0n) is 25.1. The summed E-state index contributed by atoms with van der Waals surface area (Å²) in [5.41, 5.74) is 16.0. The van der Waals surface area contributed by atoms with E-state index in [2.05, 4.69) is 55.5 Å². The summed E-state index contributed by atoms with van der Waals surface area (Å²) in [6.07, 6.45) is 14.4. The van der Waals surface area contributed by atoms with Crippen molar-refractivity contribution in [1.82, 2.24) is 0 Å². The molecule has 0 radical (unpaired) electrons. The summed E-state index contributed by atoms with van der Waals surface area (Å²) in [5, 5.41) is 0. The number of nitrogen functional groups attached to an aromatic ring is 2. The first-order valence-electron chi connectivity index (χ1n) is 15.8. The smallest absolute Gasteiger partial charge is 0.129 e. The van der Waals surface area contributed by atoms with Crippen molar-refractivity contribution < 1.29 is 9.47 Å². The Morgan fingerprint density at radius 1 is 0.595 bits per heavy atom. The summed E-state index contributed by atoms with van der Waals surface area (Å²) in [6.45, 7) is 2.29. The second-order valence-electron chi connectivity index (χ2n) is 12.0. The van der Waals surface area contributed by atoms with Gasteiger partial charge in [0.1, 0.15) is 23.0 Å². The van der Waals surface area contributed by atoms with Crippen molar-refractivity contribution in [3.63, 3.8) is 0 Å². The number of hydrogen-bond donors (Lipinski definition) is 2. The normalized spacial score (nSPS) is 14.9. The Kier molecular flexibility index (Phi) is 10.1. The van der Waals surface area contributed by atoms with E-state index in [4.69, 9.17) is 20.9 Å². The minimum absolute atomic E-state index is 0.0248. The second-order valence-corrected chi connectivity index (χ2v) is 12.0. The van der Waals surface area contributed by atoms with Crippen LogP contribution in [0.2, 0.25) is 0 Å². The average molecular weight is 563 g/mol. The van der Waals surface area contributed by atoms with Crippen LogP contribution < -0.4 is 20.9 Å². The first-order valence-corrected chi connectivity index (χ1v) is 15.8. The van der Waals surface area contributed by atoms with Crippen molar-refractivity contribution in [2.24, 2.45) is 5.92 Å². The molecule has 4 nitrogen and oxygen atoms in total. The Morgan fingerprint density at radius 2 is 1.07 bits per heavy atom. The van der Waals surface area contributed by atoms with Crippen LogP contribution in [0.25, 0.3) is 0 Å². The lowest BCUT2D eigenvalue weighted by Gasteiger charge is -2.41. The topological polar surface area (TPSA) is 70.5 Å². The molecule has 1 aliphatic carbocycles. The van der Waals surface area contributed by atoms with Crippen LogP contribution >= 0.6 is 0 Å². The number of benzene rings is 4. The summed E-state index contributed by atoms with van der Waals surface area (Å²) in [6, 6.07) is 32.6. The van der Waals surface area contributed by atoms with E-state index in [9.17, 15) is 0 Å². The zero-order valence-corrected chi connectivity index (χ0v) is 25.1. The van der Waals surface area contributed by atoms with Crippen molar-refractivity contribution in [3.05, 3.63) is 108 Å². The van der Waals surface area contributed by atoms with Crippen LogP contribution in [0, 0.1) is 5.92 Å². The molecule has 0 atom stereocenters. The van der Waals surface area contributed by atoms with Gasteiger partial charge in [0, 0.05) is 28.9 Å². The van der Waals surface area contributed by atoms with Gasteiger partial charge in [-0.15, -0.1) is 0 Å². The van der Waals surface area contributed by atoms with E-state index in [1.807, 2.05) is 48.5 Å². The van der Waals surface area contributed by atoms with Crippen molar-refractivity contribution in [3.8, 4) is 23.0 Å². The van der Waals surface area contributed by atoms with Crippen LogP contribution in [0.4, 0.5) is 11.4 Å². The van der Waals surface area contributed by atoms with Crippen molar-refractivity contribution in [2.45, 2.75) is 83.0 Å². The van der Waals surface area contributed by atoms with Gasteiger partial charge in [-0.3, -0.25) is 0 Å². The number of nitrogens with two attached hydrogens (primary N) is 2.